The van der Waals surface area contributed by atoms with Crippen LogP contribution < -0.4 is 14.8 Å². The number of hydrogen-bond donors (Lipinski definition) is 1. The second-order valence-electron chi connectivity index (χ2n) is 4.75. The molecule has 0 spiro atoms. The summed E-state index contributed by atoms with van der Waals surface area (Å²) in [4.78, 5) is 0. The van der Waals surface area contributed by atoms with Gasteiger partial charge in [0.2, 0.25) is 0 Å². The van der Waals surface area contributed by atoms with Crippen molar-refractivity contribution in [2.75, 3.05) is 7.11 Å². The molecule has 0 atom stereocenters. The van der Waals surface area contributed by atoms with Crippen molar-refractivity contribution in [3.05, 3.63) is 59.4 Å². The van der Waals surface area contributed by atoms with Crippen LogP contribution >= 0.6 is 0 Å². The van der Waals surface area contributed by atoms with Gasteiger partial charge in [-0.1, -0.05) is 12.1 Å². The van der Waals surface area contributed by atoms with Crippen LogP contribution in [0.15, 0.2) is 42.5 Å². The van der Waals surface area contributed by atoms with Crippen molar-refractivity contribution in [1.29, 1.82) is 0 Å². The Kier molecular flexibility index (Phi) is 5.44. The second-order valence-corrected chi connectivity index (χ2v) is 4.75. The minimum atomic E-state index is -4.70. The lowest BCUT2D eigenvalue weighted by atomic mass is 10.1. The summed E-state index contributed by atoms with van der Waals surface area (Å²) in [6.07, 6.45) is -4.70. The highest BCUT2D eigenvalue weighted by Crippen LogP contribution is 2.23. The number of methoxy groups -OCH3 is 1. The Morgan fingerprint density at radius 3 is 2.30 bits per heavy atom. The highest BCUT2D eigenvalue weighted by Gasteiger charge is 2.30. The number of hydrogen-bond acceptors (Lipinski definition) is 3. The molecule has 2 rings (SSSR count). The van der Waals surface area contributed by atoms with E-state index in [-0.39, 0.29) is 11.6 Å². The Bertz CT molecular complexity index is 642. The Balaban J connectivity index is 1.90. The molecule has 0 aliphatic heterocycles. The van der Waals surface area contributed by atoms with E-state index in [2.05, 4.69) is 10.1 Å². The molecule has 0 saturated heterocycles. The van der Waals surface area contributed by atoms with Gasteiger partial charge in [-0.2, -0.15) is 0 Å². The fourth-order valence-corrected chi connectivity index (χ4v) is 2.04. The van der Waals surface area contributed by atoms with Crippen LogP contribution in [0.1, 0.15) is 11.1 Å². The van der Waals surface area contributed by atoms with Crippen LogP contribution in [0.25, 0.3) is 0 Å². The maximum absolute atomic E-state index is 13.2. The summed E-state index contributed by atoms with van der Waals surface area (Å²) in [5, 5.41) is 3.08. The highest BCUT2D eigenvalue weighted by molar-refractivity contribution is 5.34. The monoisotopic (exact) mass is 329 g/mol. The number of halogens is 4. The normalized spacial score (nSPS) is 11.3. The average Bonchev–Trinajstić information content (AvgIpc) is 2.48. The SMILES string of the molecule is COc1ccc(F)cc1CNCc1ccc(OC(F)(F)F)cc1. The van der Waals surface area contributed by atoms with Gasteiger partial charge in [-0.15, -0.1) is 13.2 Å². The van der Waals surface area contributed by atoms with Gasteiger partial charge in [0.05, 0.1) is 7.11 Å². The van der Waals surface area contributed by atoms with Crippen LogP contribution in [0.4, 0.5) is 17.6 Å². The second kappa shape index (κ2) is 7.32. The molecule has 0 bridgehead atoms. The maximum Gasteiger partial charge on any atom is 0.573 e. The lowest BCUT2D eigenvalue weighted by Gasteiger charge is -2.11. The van der Waals surface area contributed by atoms with Crippen molar-refractivity contribution in [2.45, 2.75) is 19.5 Å². The van der Waals surface area contributed by atoms with Gasteiger partial charge in [-0.25, -0.2) is 4.39 Å². The molecular formula is C16H15F4NO2. The predicted molar refractivity (Wildman–Crippen MR) is 76.6 cm³/mol. The molecule has 0 aliphatic rings. The zero-order chi connectivity index (χ0) is 16.9. The predicted octanol–water partition coefficient (Wildman–Crippen LogP) is 4.02. The lowest BCUT2D eigenvalue weighted by molar-refractivity contribution is -0.274. The molecule has 2 aromatic rings. The third-order valence-electron chi connectivity index (χ3n) is 3.04. The highest BCUT2D eigenvalue weighted by atomic mass is 19.4. The molecule has 7 heteroatoms. The van der Waals surface area contributed by atoms with Gasteiger partial charge in [0, 0.05) is 18.7 Å². The van der Waals surface area contributed by atoms with Gasteiger partial charge in [0.15, 0.2) is 0 Å². The Morgan fingerprint density at radius 2 is 1.70 bits per heavy atom. The number of rotatable bonds is 6. The first-order valence-electron chi connectivity index (χ1n) is 6.75. The fraction of sp³-hybridized carbons (Fsp3) is 0.250. The molecule has 0 saturated carbocycles. The van der Waals surface area contributed by atoms with Gasteiger partial charge >= 0.3 is 6.36 Å². The molecule has 1 N–H and O–H groups in total. The van der Waals surface area contributed by atoms with Crippen molar-refractivity contribution in [1.82, 2.24) is 5.32 Å². The third kappa shape index (κ3) is 5.45. The number of nitrogens with one attached hydrogen (secondary N) is 1. The largest absolute Gasteiger partial charge is 0.573 e. The van der Waals surface area contributed by atoms with Crippen LogP contribution in [-0.2, 0) is 13.1 Å². The topological polar surface area (TPSA) is 30.5 Å². The molecule has 0 fully saturated rings. The van der Waals surface area contributed by atoms with E-state index in [0.29, 0.717) is 24.4 Å². The fourth-order valence-electron chi connectivity index (χ4n) is 2.04. The van der Waals surface area contributed by atoms with Crippen molar-refractivity contribution < 1.29 is 27.0 Å². The van der Waals surface area contributed by atoms with Crippen molar-refractivity contribution >= 4 is 0 Å². The zero-order valence-electron chi connectivity index (χ0n) is 12.3. The first kappa shape index (κ1) is 17.1. The van der Waals surface area contributed by atoms with Crippen LogP contribution in [-0.4, -0.2) is 13.5 Å². The van der Waals surface area contributed by atoms with E-state index in [9.17, 15) is 17.6 Å². The Hall–Kier alpha value is -2.28. The molecule has 3 nitrogen and oxygen atoms in total. The molecular weight excluding hydrogens is 314 g/mol. The van der Waals surface area contributed by atoms with Crippen molar-refractivity contribution in [3.8, 4) is 11.5 Å². The van der Waals surface area contributed by atoms with Crippen molar-refractivity contribution in [2.24, 2.45) is 0 Å². The first-order valence-corrected chi connectivity index (χ1v) is 6.75. The molecule has 0 unspecified atom stereocenters. The quantitative estimate of drug-likeness (QED) is 0.812. The summed E-state index contributed by atoms with van der Waals surface area (Å²) in [7, 11) is 1.50. The smallest absolute Gasteiger partial charge is 0.496 e. The molecule has 0 aromatic heterocycles. The van der Waals surface area contributed by atoms with Crippen LogP contribution in [0, 0.1) is 5.82 Å². The van der Waals surface area contributed by atoms with E-state index >= 15 is 0 Å². The van der Waals surface area contributed by atoms with Gasteiger partial charge in [0.1, 0.15) is 17.3 Å². The minimum Gasteiger partial charge on any atom is -0.496 e. The molecule has 0 heterocycles. The Labute approximate surface area is 130 Å². The summed E-state index contributed by atoms with van der Waals surface area (Å²) in [5.74, 6) is -0.0721. The van der Waals surface area contributed by atoms with Crippen LogP contribution in [0.2, 0.25) is 0 Å². The zero-order valence-corrected chi connectivity index (χ0v) is 12.3. The van der Waals surface area contributed by atoms with E-state index in [1.807, 2.05) is 0 Å². The van der Waals surface area contributed by atoms with E-state index in [0.717, 1.165) is 5.56 Å². The van der Waals surface area contributed by atoms with Gasteiger partial charge in [-0.05, 0) is 35.9 Å². The lowest BCUT2D eigenvalue weighted by Crippen LogP contribution is -2.17. The van der Waals surface area contributed by atoms with E-state index in [1.54, 1.807) is 0 Å². The molecule has 0 radical (unpaired) electrons. The number of ether oxygens (including phenoxy) is 2. The van der Waals surface area contributed by atoms with Gasteiger partial charge in [0.25, 0.3) is 0 Å². The molecule has 0 aliphatic carbocycles. The molecule has 124 valence electrons. The van der Waals surface area contributed by atoms with Crippen molar-refractivity contribution in [3.63, 3.8) is 0 Å². The minimum absolute atomic E-state index is 0.270. The summed E-state index contributed by atoms with van der Waals surface area (Å²) < 4.78 is 58.3. The Morgan fingerprint density at radius 1 is 1.00 bits per heavy atom. The number of alkyl halides is 3. The van der Waals surface area contributed by atoms with E-state index in [4.69, 9.17) is 4.74 Å². The van der Waals surface area contributed by atoms with Crippen LogP contribution in [0.3, 0.4) is 0 Å². The molecule has 0 amide bonds. The van der Waals surface area contributed by atoms with E-state index < -0.39 is 6.36 Å². The summed E-state index contributed by atoms with van der Waals surface area (Å²) in [6, 6.07) is 9.75. The van der Waals surface area contributed by atoms with Gasteiger partial charge in [-0.3, -0.25) is 0 Å². The number of benzene rings is 2. The average molecular weight is 329 g/mol. The molecule has 2 aromatic carbocycles. The summed E-state index contributed by atoms with van der Waals surface area (Å²) >= 11 is 0. The molecule has 23 heavy (non-hydrogen) atoms. The summed E-state index contributed by atoms with van der Waals surface area (Å²) in [5.41, 5.74) is 1.43. The van der Waals surface area contributed by atoms with E-state index in [1.165, 1.54) is 49.6 Å². The summed E-state index contributed by atoms with van der Waals surface area (Å²) in [6.45, 7) is 0.772. The first-order chi connectivity index (χ1) is 10.9. The van der Waals surface area contributed by atoms with Gasteiger partial charge < -0.3 is 14.8 Å². The third-order valence-corrected chi connectivity index (χ3v) is 3.04. The standard InChI is InChI=1S/C16H15F4NO2/c1-22-15-7-4-13(17)8-12(15)10-21-9-11-2-5-14(6-3-11)23-16(18,19)20/h2-8,21H,9-10H2,1H3. The maximum atomic E-state index is 13.2. The van der Waals surface area contributed by atoms with Crippen LogP contribution in [0.5, 0.6) is 11.5 Å².